The molecule has 0 bridgehead atoms. The van der Waals surface area contributed by atoms with Crippen molar-refractivity contribution in [1.82, 2.24) is 0 Å². The standard InChI is InChI=1S/C22H28O2/c1-17-3-7-19(8-4-17)20-9-13-22(14-10-20)24-16-15-23-21-11-5-18(2)6-12-21/h3-8,11-12,20,22H,9-10,13-16H2,1-2H3. The molecule has 0 atom stereocenters. The van der Waals surface area contributed by atoms with Crippen molar-refractivity contribution in [3.63, 3.8) is 0 Å². The average molecular weight is 324 g/mol. The lowest BCUT2D eigenvalue weighted by atomic mass is 9.82. The monoisotopic (exact) mass is 324 g/mol. The Bertz CT molecular complexity index is 607. The van der Waals surface area contributed by atoms with Crippen LogP contribution in [0.4, 0.5) is 0 Å². The van der Waals surface area contributed by atoms with Crippen LogP contribution in [0.15, 0.2) is 48.5 Å². The van der Waals surface area contributed by atoms with Gasteiger partial charge in [0.25, 0.3) is 0 Å². The van der Waals surface area contributed by atoms with Gasteiger partial charge in [-0.15, -0.1) is 0 Å². The number of aryl methyl sites for hydroxylation is 2. The third kappa shape index (κ3) is 4.85. The van der Waals surface area contributed by atoms with Crippen molar-refractivity contribution in [1.29, 1.82) is 0 Å². The molecule has 128 valence electrons. The summed E-state index contributed by atoms with van der Waals surface area (Å²) in [6.45, 7) is 5.53. The minimum absolute atomic E-state index is 0.397. The molecule has 24 heavy (non-hydrogen) atoms. The van der Waals surface area contributed by atoms with Gasteiger partial charge in [0.05, 0.1) is 12.7 Å². The Morgan fingerprint density at radius 3 is 1.96 bits per heavy atom. The van der Waals surface area contributed by atoms with Crippen molar-refractivity contribution in [2.24, 2.45) is 0 Å². The molecular weight excluding hydrogens is 296 g/mol. The molecule has 2 aromatic carbocycles. The zero-order valence-corrected chi connectivity index (χ0v) is 14.8. The van der Waals surface area contributed by atoms with Crippen molar-refractivity contribution >= 4 is 0 Å². The van der Waals surface area contributed by atoms with Crippen molar-refractivity contribution < 1.29 is 9.47 Å². The minimum Gasteiger partial charge on any atom is -0.491 e. The number of benzene rings is 2. The van der Waals surface area contributed by atoms with Gasteiger partial charge in [-0.25, -0.2) is 0 Å². The van der Waals surface area contributed by atoms with Crippen molar-refractivity contribution in [2.45, 2.75) is 51.6 Å². The summed E-state index contributed by atoms with van der Waals surface area (Å²) in [6.07, 6.45) is 5.17. The Morgan fingerprint density at radius 1 is 0.750 bits per heavy atom. The molecule has 0 aromatic heterocycles. The average Bonchev–Trinajstić information content (AvgIpc) is 2.62. The molecule has 1 aliphatic carbocycles. The van der Waals surface area contributed by atoms with Gasteiger partial charge in [-0.3, -0.25) is 0 Å². The smallest absolute Gasteiger partial charge is 0.119 e. The van der Waals surface area contributed by atoms with Gasteiger partial charge >= 0.3 is 0 Å². The second kappa shape index (κ2) is 8.34. The maximum atomic E-state index is 6.01. The predicted molar refractivity (Wildman–Crippen MR) is 98.8 cm³/mol. The Morgan fingerprint density at radius 2 is 1.33 bits per heavy atom. The molecule has 0 unspecified atom stereocenters. The first-order valence-electron chi connectivity index (χ1n) is 9.08. The molecular formula is C22H28O2. The normalized spacial score (nSPS) is 20.8. The summed E-state index contributed by atoms with van der Waals surface area (Å²) < 4.78 is 11.7. The number of rotatable bonds is 6. The van der Waals surface area contributed by atoms with Crippen LogP contribution in [0, 0.1) is 13.8 Å². The molecule has 2 heteroatoms. The van der Waals surface area contributed by atoms with Gasteiger partial charge in [0, 0.05) is 0 Å². The topological polar surface area (TPSA) is 18.5 Å². The molecule has 1 saturated carbocycles. The van der Waals surface area contributed by atoms with E-state index in [1.165, 1.54) is 29.5 Å². The first kappa shape index (κ1) is 17.0. The van der Waals surface area contributed by atoms with E-state index in [-0.39, 0.29) is 0 Å². The third-order valence-electron chi connectivity index (χ3n) is 4.95. The summed E-state index contributed by atoms with van der Waals surface area (Å²) in [5.74, 6) is 1.63. The summed E-state index contributed by atoms with van der Waals surface area (Å²) in [4.78, 5) is 0. The third-order valence-corrected chi connectivity index (χ3v) is 4.95. The first-order valence-corrected chi connectivity index (χ1v) is 9.08. The van der Waals surface area contributed by atoms with Gasteiger partial charge in [-0.1, -0.05) is 47.5 Å². The second-order valence-corrected chi connectivity index (χ2v) is 6.92. The fraction of sp³-hybridized carbons (Fsp3) is 0.455. The lowest BCUT2D eigenvalue weighted by molar-refractivity contribution is 0.00977. The van der Waals surface area contributed by atoms with Gasteiger partial charge < -0.3 is 9.47 Å². The van der Waals surface area contributed by atoms with E-state index in [4.69, 9.17) is 9.47 Å². The molecule has 2 aromatic rings. The van der Waals surface area contributed by atoms with E-state index < -0.39 is 0 Å². The van der Waals surface area contributed by atoms with E-state index in [1.807, 2.05) is 12.1 Å². The van der Waals surface area contributed by atoms with Crippen molar-refractivity contribution in [3.05, 3.63) is 65.2 Å². The Kier molecular flexibility index (Phi) is 5.92. The lowest BCUT2D eigenvalue weighted by Crippen LogP contribution is -2.23. The van der Waals surface area contributed by atoms with Crippen LogP contribution >= 0.6 is 0 Å². The van der Waals surface area contributed by atoms with Gasteiger partial charge in [-0.05, 0) is 63.1 Å². The Hall–Kier alpha value is -1.80. The highest BCUT2D eigenvalue weighted by Gasteiger charge is 2.22. The molecule has 2 nitrogen and oxygen atoms in total. The molecule has 0 radical (unpaired) electrons. The molecule has 0 amide bonds. The summed E-state index contributed by atoms with van der Waals surface area (Å²) >= 11 is 0. The maximum absolute atomic E-state index is 6.01. The van der Waals surface area contributed by atoms with Crippen LogP contribution in [0.25, 0.3) is 0 Å². The zero-order valence-electron chi connectivity index (χ0n) is 14.8. The fourth-order valence-electron chi connectivity index (χ4n) is 3.41. The molecule has 0 aliphatic heterocycles. The van der Waals surface area contributed by atoms with Crippen LogP contribution in [-0.4, -0.2) is 19.3 Å². The molecule has 3 rings (SSSR count). The lowest BCUT2D eigenvalue weighted by Gasteiger charge is -2.29. The summed E-state index contributed by atoms with van der Waals surface area (Å²) in [7, 11) is 0. The minimum atomic E-state index is 0.397. The summed E-state index contributed by atoms with van der Waals surface area (Å²) in [6, 6.07) is 17.2. The predicted octanol–water partition coefficient (Wildman–Crippen LogP) is 5.43. The van der Waals surface area contributed by atoms with Crippen LogP contribution in [0.2, 0.25) is 0 Å². The van der Waals surface area contributed by atoms with Crippen LogP contribution in [0.5, 0.6) is 5.75 Å². The molecule has 0 heterocycles. The van der Waals surface area contributed by atoms with Crippen LogP contribution < -0.4 is 4.74 Å². The second-order valence-electron chi connectivity index (χ2n) is 6.92. The summed E-state index contributed by atoms with van der Waals surface area (Å²) in [5.41, 5.74) is 4.08. The van der Waals surface area contributed by atoms with Gasteiger partial charge in [0.2, 0.25) is 0 Å². The maximum Gasteiger partial charge on any atom is 0.119 e. The van der Waals surface area contributed by atoms with Crippen LogP contribution in [0.3, 0.4) is 0 Å². The van der Waals surface area contributed by atoms with E-state index in [0.29, 0.717) is 25.2 Å². The highest BCUT2D eigenvalue weighted by molar-refractivity contribution is 5.26. The Labute approximate surface area is 145 Å². The van der Waals surface area contributed by atoms with E-state index in [9.17, 15) is 0 Å². The van der Waals surface area contributed by atoms with E-state index in [1.54, 1.807) is 0 Å². The van der Waals surface area contributed by atoms with Gasteiger partial charge in [0.1, 0.15) is 12.4 Å². The van der Waals surface area contributed by atoms with Crippen molar-refractivity contribution in [3.8, 4) is 5.75 Å². The largest absolute Gasteiger partial charge is 0.491 e. The molecule has 0 saturated heterocycles. The fourth-order valence-corrected chi connectivity index (χ4v) is 3.41. The van der Waals surface area contributed by atoms with Crippen LogP contribution in [0.1, 0.15) is 48.3 Å². The number of ether oxygens (including phenoxy) is 2. The van der Waals surface area contributed by atoms with Gasteiger partial charge in [0.15, 0.2) is 0 Å². The molecule has 1 fully saturated rings. The van der Waals surface area contributed by atoms with Crippen LogP contribution in [-0.2, 0) is 4.74 Å². The summed E-state index contributed by atoms with van der Waals surface area (Å²) in [5, 5.41) is 0. The zero-order chi connectivity index (χ0) is 16.8. The molecule has 0 spiro atoms. The van der Waals surface area contributed by atoms with E-state index in [0.717, 1.165) is 18.6 Å². The highest BCUT2D eigenvalue weighted by atomic mass is 16.5. The highest BCUT2D eigenvalue weighted by Crippen LogP contribution is 2.34. The first-order chi connectivity index (χ1) is 11.7. The van der Waals surface area contributed by atoms with Gasteiger partial charge in [-0.2, -0.15) is 0 Å². The quantitative estimate of drug-likeness (QED) is 0.660. The Balaban J connectivity index is 1.35. The van der Waals surface area contributed by atoms with E-state index >= 15 is 0 Å². The SMILES string of the molecule is Cc1ccc(OCCOC2CCC(c3ccc(C)cc3)CC2)cc1. The number of hydrogen-bond donors (Lipinski definition) is 0. The molecule has 1 aliphatic rings. The number of hydrogen-bond acceptors (Lipinski definition) is 2. The molecule has 0 N–H and O–H groups in total. The van der Waals surface area contributed by atoms with Crippen molar-refractivity contribution in [2.75, 3.05) is 13.2 Å². The van der Waals surface area contributed by atoms with E-state index in [2.05, 4.69) is 50.2 Å².